The van der Waals surface area contributed by atoms with Crippen molar-refractivity contribution in [2.45, 2.75) is 83.1 Å². The van der Waals surface area contributed by atoms with Gasteiger partial charge in [0.15, 0.2) is 6.61 Å². The summed E-state index contributed by atoms with van der Waals surface area (Å²) in [6.45, 7) is 5.31. The zero-order valence-corrected chi connectivity index (χ0v) is 23.2. The maximum absolute atomic E-state index is 13.9. The zero-order chi connectivity index (χ0) is 28.1. The molecule has 5 rings (SSSR count). The van der Waals surface area contributed by atoms with E-state index in [0.29, 0.717) is 46.7 Å². The molecule has 3 heterocycles. The van der Waals surface area contributed by atoms with Crippen LogP contribution in [0.15, 0.2) is 42.5 Å². The number of nitrogens with two attached hydrogens (primary N) is 1. The highest BCUT2D eigenvalue weighted by atomic mass is 16.5. The fraction of sp³-hybridized carbons (Fsp3) is 0.483. The summed E-state index contributed by atoms with van der Waals surface area (Å²) in [5, 5.41) is 25.4. The number of benzene rings is 2. The van der Waals surface area contributed by atoms with Crippen LogP contribution in [0.25, 0.3) is 0 Å². The predicted molar refractivity (Wildman–Crippen MR) is 151 cm³/mol. The summed E-state index contributed by atoms with van der Waals surface area (Å²) in [7, 11) is 0. The fourth-order valence-corrected chi connectivity index (χ4v) is 5.73. The molecule has 0 spiro atoms. The third-order valence-corrected chi connectivity index (χ3v) is 7.78. The van der Waals surface area contributed by atoms with E-state index in [1.807, 2.05) is 18.2 Å². The number of carbonyl (C=O) groups excluding carboxylic acids is 1. The van der Waals surface area contributed by atoms with Crippen molar-refractivity contribution in [3.63, 3.8) is 0 Å². The normalized spacial score (nSPS) is 22.4. The third-order valence-electron chi connectivity index (χ3n) is 7.78. The monoisotopic (exact) mass is 546 g/mol. The topological polar surface area (TPSA) is 155 Å². The molecule has 2 aliphatic heterocycles. The molecule has 3 atom stereocenters. The standard InChI is InChI=1S/C29H38N8O3/c1-19-8-7-14-29(2,32-19)13-4-3-5-15-37-23-17-22(39-18-25-33-35-36-34-25)11-12-24(23)40-26(28(37)38)20-9-6-10-21(16-20)27(30)31/h6,9-12,16-17,19,26,32H,3-5,7-8,13-15,18H2,1-2H3,(H3,30,31)(H,33,34,35,36)/t19-,26?,29+/m0/s1. The number of aromatic amines is 1. The summed E-state index contributed by atoms with van der Waals surface area (Å²) in [4.78, 5) is 15.7. The highest BCUT2D eigenvalue weighted by Gasteiger charge is 2.36. The van der Waals surface area contributed by atoms with Crippen molar-refractivity contribution in [2.75, 3.05) is 11.4 Å². The second kappa shape index (κ2) is 12.0. The Labute approximate surface area is 234 Å². The van der Waals surface area contributed by atoms with Crippen molar-refractivity contribution in [3.05, 3.63) is 59.4 Å². The Kier molecular flexibility index (Phi) is 8.29. The van der Waals surface area contributed by atoms with Crippen molar-refractivity contribution in [2.24, 2.45) is 5.73 Å². The summed E-state index contributed by atoms with van der Waals surface area (Å²) in [5.74, 6) is 1.40. The number of piperidine rings is 1. The number of nitrogens with zero attached hydrogens (tertiary/aromatic N) is 4. The molecule has 0 bridgehead atoms. The van der Waals surface area contributed by atoms with E-state index in [1.54, 1.807) is 29.2 Å². The van der Waals surface area contributed by atoms with Gasteiger partial charge in [-0.25, -0.2) is 0 Å². The Morgan fingerprint density at radius 1 is 1.25 bits per heavy atom. The van der Waals surface area contributed by atoms with Gasteiger partial charge in [-0.3, -0.25) is 10.2 Å². The number of carbonyl (C=O) groups is 1. The Balaban J connectivity index is 1.31. The van der Waals surface area contributed by atoms with Crippen LogP contribution in [-0.2, 0) is 11.4 Å². The van der Waals surface area contributed by atoms with Gasteiger partial charge in [-0.2, -0.15) is 5.21 Å². The average molecular weight is 547 g/mol. The number of ether oxygens (including phenoxy) is 2. The maximum atomic E-state index is 13.9. The van der Waals surface area contributed by atoms with E-state index in [1.165, 1.54) is 19.3 Å². The lowest BCUT2D eigenvalue weighted by Crippen LogP contribution is -2.50. The maximum Gasteiger partial charge on any atom is 0.272 e. The molecule has 3 aromatic rings. The van der Waals surface area contributed by atoms with E-state index >= 15 is 0 Å². The van der Waals surface area contributed by atoms with Crippen LogP contribution in [0, 0.1) is 5.41 Å². The van der Waals surface area contributed by atoms with E-state index in [4.69, 9.17) is 20.6 Å². The number of unbranched alkanes of at least 4 members (excludes halogenated alkanes) is 2. The predicted octanol–water partition coefficient (Wildman–Crippen LogP) is 4.01. The summed E-state index contributed by atoms with van der Waals surface area (Å²) in [5.41, 5.74) is 7.79. The number of anilines is 1. The van der Waals surface area contributed by atoms with Gasteiger partial charge in [0.25, 0.3) is 5.91 Å². The number of nitrogen functional groups attached to an aromatic ring is 1. The van der Waals surface area contributed by atoms with Gasteiger partial charge in [0.05, 0.1) is 5.69 Å². The third kappa shape index (κ3) is 6.41. The number of amides is 1. The van der Waals surface area contributed by atoms with Crippen LogP contribution in [0.1, 0.15) is 81.8 Å². The first kappa shape index (κ1) is 27.6. The van der Waals surface area contributed by atoms with Gasteiger partial charge < -0.3 is 25.4 Å². The summed E-state index contributed by atoms with van der Waals surface area (Å²) < 4.78 is 12.1. The second-order valence-corrected chi connectivity index (χ2v) is 11.1. The van der Waals surface area contributed by atoms with Gasteiger partial charge in [0, 0.05) is 35.3 Å². The van der Waals surface area contributed by atoms with Crippen LogP contribution < -0.4 is 25.4 Å². The number of hydrogen-bond acceptors (Lipinski definition) is 8. The summed E-state index contributed by atoms with van der Waals surface area (Å²) in [6.07, 6.45) is 7.00. The molecule has 5 N–H and O–H groups in total. The van der Waals surface area contributed by atoms with Crippen molar-refractivity contribution in [1.82, 2.24) is 25.9 Å². The van der Waals surface area contributed by atoms with Gasteiger partial charge in [-0.05, 0) is 57.7 Å². The van der Waals surface area contributed by atoms with Crippen LogP contribution in [0.2, 0.25) is 0 Å². The van der Waals surface area contributed by atoms with Crippen molar-refractivity contribution >= 4 is 17.4 Å². The van der Waals surface area contributed by atoms with Gasteiger partial charge >= 0.3 is 0 Å². The summed E-state index contributed by atoms with van der Waals surface area (Å²) >= 11 is 0. The number of rotatable bonds is 11. The molecule has 11 heteroatoms. The number of nitrogens with one attached hydrogen (secondary N) is 3. The van der Waals surface area contributed by atoms with E-state index in [9.17, 15) is 4.79 Å². The average Bonchev–Trinajstić information content (AvgIpc) is 3.46. The smallest absolute Gasteiger partial charge is 0.272 e. The molecular formula is C29H38N8O3. The molecule has 0 saturated carbocycles. The highest BCUT2D eigenvalue weighted by molar-refractivity contribution is 6.01. The van der Waals surface area contributed by atoms with Gasteiger partial charge in [-0.15, -0.1) is 10.2 Å². The molecule has 0 aliphatic carbocycles. The molecule has 11 nitrogen and oxygen atoms in total. The number of fused-ring (bicyclic) bond motifs is 1. The van der Waals surface area contributed by atoms with E-state index in [-0.39, 0.29) is 23.9 Å². The Bertz CT molecular complexity index is 1330. The number of H-pyrrole nitrogens is 1. The summed E-state index contributed by atoms with van der Waals surface area (Å²) in [6, 6.07) is 13.1. The Morgan fingerprint density at radius 3 is 2.90 bits per heavy atom. The van der Waals surface area contributed by atoms with E-state index in [0.717, 1.165) is 25.7 Å². The van der Waals surface area contributed by atoms with Gasteiger partial charge in [0.2, 0.25) is 11.9 Å². The van der Waals surface area contributed by atoms with Crippen LogP contribution >= 0.6 is 0 Å². The second-order valence-electron chi connectivity index (χ2n) is 11.1. The minimum absolute atomic E-state index is 0.0543. The van der Waals surface area contributed by atoms with Crippen molar-refractivity contribution in [1.29, 1.82) is 5.41 Å². The highest BCUT2D eigenvalue weighted by Crippen LogP contribution is 2.41. The minimum Gasteiger partial charge on any atom is -0.485 e. The Hall–Kier alpha value is -3.99. The van der Waals surface area contributed by atoms with Crippen LogP contribution in [0.5, 0.6) is 11.5 Å². The molecule has 40 heavy (non-hydrogen) atoms. The first-order chi connectivity index (χ1) is 19.3. The molecule has 1 fully saturated rings. The van der Waals surface area contributed by atoms with Crippen LogP contribution in [0.3, 0.4) is 0 Å². The molecule has 1 saturated heterocycles. The van der Waals surface area contributed by atoms with Gasteiger partial charge in [0.1, 0.15) is 17.3 Å². The molecule has 2 aromatic carbocycles. The van der Waals surface area contributed by atoms with E-state index in [2.05, 4.69) is 39.8 Å². The van der Waals surface area contributed by atoms with E-state index < -0.39 is 6.10 Å². The first-order valence-electron chi connectivity index (χ1n) is 14.0. The number of hydrogen-bond donors (Lipinski definition) is 4. The van der Waals surface area contributed by atoms with Gasteiger partial charge in [-0.1, -0.05) is 42.7 Å². The zero-order valence-electron chi connectivity index (χ0n) is 23.2. The number of amidine groups is 1. The lowest BCUT2D eigenvalue weighted by molar-refractivity contribution is -0.126. The lowest BCUT2D eigenvalue weighted by Gasteiger charge is -2.39. The molecule has 1 unspecified atom stereocenters. The number of aromatic nitrogens is 4. The Morgan fingerprint density at radius 2 is 2.12 bits per heavy atom. The lowest BCUT2D eigenvalue weighted by atomic mass is 9.84. The molecule has 0 radical (unpaired) electrons. The largest absolute Gasteiger partial charge is 0.485 e. The molecule has 212 valence electrons. The number of tetrazole rings is 1. The van der Waals surface area contributed by atoms with Crippen molar-refractivity contribution < 1.29 is 14.3 Å². The van der Waals surface area contributed by atoms with Crippen LogP contribution in [-0.4, -0.2) is 50.5 Å². The molecule has 1 aromatic heterocycles. The molecule has 2 aliphatic rings. The quantitative estimate of drug-likeness (QED) is 0.160. The van der Waals surface area contributed by atoms with Crippen LogP contribution in [0.4, 0.5) is 5.69 Å². The first-order valence-corrected chi connectivity index (χ1v) is 14.0. The minimum atomic E-state index is -0.829. The fourth-order valence-electron chi connectivity index (χ4n) is 5.73. The SMILES string of the molecule is C[C@H]1CCC[C@@](C)(CCCCCN2C(=O)C(c3cccc(C(=N)N)c3)Oc3ccc(OCc4nn[nH]n4)cc32)N1. The van der Waals surface area contributed by atoms with Crippen molar-refractivity contribution in [3.8, 4) is 11.5 Å². The molecular weight excluding hydrogens is 508 g/mol. The molecule has 1 amide bonds.